The third kappa shape index (κ3) is 4.58. The van der Waals surface area contributed by atoms with E-state index in [1.807, 2.05) is 0 Å². The highest BCUT2D eigenvalue weighted by molar-refractivity contribution is 6.30. The van der Waals surface area contributed by atoms with E-state index in [0.29, 0.717) is 23.4 Å². The summed E-state index contributed by atoms with van der Waals surface area (Å²) in [7, 11) is 0. The third-order valence-electron chi connectivity index (χ3n) is 7.46. The topological polar surface area (TPSA) is 99.8 Å². The highest BCUT2D eigenvalue weighted by atomic mass is 19.4. The van der Waals surface area contributed by atoms with Crippen molar-refractivity contribution in [3.63, 3.8) is 0 Å². The lowest BCUT2D eigenvalue weighted by atomic mass is 9.76. The zero-order valence-corrected chi connectivity index (χ0v) is 21.5. The van der Waals surface area contributed by atoms with Crippen molar-refractivity contribution in [1.82, 2.24) is 15.0 Å². The average molecular weight is 581 g/mol. The Morgan fingerprint density at radius 1 is 1.02 bits per heavy atom. The molecule has 0 N–H and O–H groups in total. The van der Waals surface area contributed by atoms with E-state index >= 15 is 0 Å². The maximum Gasteiger partial charge on any atom is 0.416 e. The van der Waals surface area contributed by atoms with Crippen LogP contribution in [-0.4, -0.2) is 51.5 Å². The minimum absolute atomic E-state index is 0.0556. The van der Waals surface area contributed by atoms with Crippen molar-refractivity contribution in [3.05, 3.63) is 71.1 Å². The van der Waals surface area contributed by atoms with Gasteiger partial charge in [0.2, 0.25) is 6.39 Å². The van der Waals surface area contributed by atoms with Gasteiger partial charge in [-0.05, 0) is 48.3 Å². The molecule has 3 heterocycles. The number of halogens is 6. The molecule has 15 heteroatoms. The van der Waals surface area contributed by atoms with Crippen LogP contribution >= 0.6 is 0 Å². The number of likely N-dealkylation sites (tertiary alicyclic amines) is 1. The minimum atomic E-state index is -5.13. The van der Waals surface area contributed by atoms with E-state index in [-0.39, 0.29) is 31.5 Å². The van der Waals surface area contributed by atoms with Crippen molar-refractivity contribution in [2.75, 3.05) is 22.9 Å². The summed E-state index contributed by atoms with van der Waals surface area (Å²) in [5, 5.41) is 3.61. The number of aryl methyl sites for hydroxylation is 1. The van der Waals surface area contributed by atoms with Crippen molar-refractivity contribution in [2.45, 2.75) is 38.2 Å². The second-order valence-electron chi connectivity index (χ2n) is 9.90. The number of rotatable bonds is 3. The summed E-state index contributed by atoms with van der Waals surface area (Å²) in [5.41, 5.74) is -4.54. The predicted octanol–water partition coefficient (Wildman–Crippen LogP) is 5.31. The SMILES string of the molecule is Cc1ccccc1N1C(=O)N(c2ncon2)C(=O)C12CCN(C(=O)c1cc(C(F)(F)F)cc(C(F)(F)F)c1)CC2C. The monoisotopic (exact) mass is 581 g/mol. The molecular weight excluding hydrogens is 560 g/mol. The first-order valence-electron chi connectivity index (χ1n) is 12.3. The summed E-state index contributed by atoms with van der Waals surface area (Å²) in [6.45, 7) is 2.80. The molecule has 9 nitrogen and oxygen atoms in total. The smallest absolute Gasteiger partial charge is 0.341 e. The van der Waals surface area contributed by atoms with Gasteiger partial charge in [-0.3, -0.25) is 14.5 Å². The van der Waals surface area contributed by atoms with E-state index in [2.05, 4.69) is 10.1 Å². The van der Waals surface area contributed by atoms with Crippen LogP contribution in [-0.2, 0) is 17.1 Å². The van der Waals surface area contributed by atoms with Gasteiger partial charge < -0.3 is 9.42 Å². The molecular formula is C26H21F6N5O4. The molecule has 2 aliphatic heterocycles. The first kappa shape index (κ1) is 28.1. The fourth-order valence-electron chi connectivity index (χ4n) is 5.44. The number of para-hydroxylation sites is 1. The van der Waals surface area contributed by atoms with Crippen molar-refractivity contribution < 1.29 is 45.2 Å². The largest absolute Gasteiger partial charge is 0.416 e. The van der Waals surface area contributed by atoms with Crippen molar-refractivity contribution in [1.29, 1.82) is 0 Å². The van der Waals surface area contributed by atoms with Crippen LogP contribution in [0.15, 0.2) is 53.4 Å². The standard InChI is InChI=1S/C26H21F6N5O4/c1-14-5-3-4-6-19(14)37-23(40)36(22-33-13-41-34-22)21(39)24(37)7-8-35(12-15(24)2)20(38)16-9-17(25(27,28)29)11-18(10-16)26(30,31)32/h3-6,9-11,13,15H,7-8,12H2,1-2H3. The second-order valence-corrected chi connectivity index (χ2v) is 9.90. The first-order chi connectivity index (χ1) is 19.2. The van der Waals surface area contributed by atoms with Crippen LogP contribution < -0.4 is 9.80 Å². The zero-order valence-electron chi connectivity index (χ0n) is 21.5. The van der Waals surface area contributed by atoms with E-state index in [9.17, 15) is 40.7 Å². The maximum absolute atomic E-state index is 13.9. The average Bonchev–Trinajstić information content (AvgIpc) is 3.50. The lowest BCUT2D eigenvalue weighted by Gasteiger charge is -2.46. The molecule has 41 heavy (non-hydrogen) atoms. The van der Waals surface area contributed by atoms with E-state index in [4.69, 9.17) is 4.52 Å². The van der Waals surface area contributed by atoms with Crippen LogP contribution in [0, 0.1) is 12.8 Å². The molecule has 2 aromatic carbocycles. The Kier molecular flexibility index (Phi) is 6.58. The summed E-state index contributed by atoms with van der Waals surface area (Å²) in [6, 6.07) is 6.67. The van der Waals surface area contributed by atoms with Gasteiger partial charge in [0.15, 0.2) is 0 Å². The number of aromatic nitrogens is 2. The number of piperidine rings is 1. The van der Waals surface area contributed by atoms with E-state index in [1.165, 1.54) is 4.90 Å². The Labute approximate surface area is 228 Å². The van der Waals surface area contributed by atoms with Crippen molar-refractivity contribution >= 4 is 29.5 Å². The third-order valence-corrected chi connectivity index (χ3v) is 7.46. The van der Waals surface area contributed by atoms with E-state index in [0.717, 1.165) is 16.2 Å². The molecule has 0 aliphatic carbocycles. The number of carbonyl (C=O) groups excluding carboxylic acids is 3. The Balaban J connectivity index is 1.53. The summed E-state index contributed by atoms with van der Waals surface area (Å²) in [6.07, 6.45) is -9.48. The number of carbonyl (C=O) groups is 3. The zero-order chi connectivity index (χ0) is 29.9. The van der Waals surface area contributed by atoms with Gasteiger partial charge in [-0.1, -0.05) is 25.1 Å². The molecule has 216 valence electrons. The highest BCUT2D eigenvalue weighted by Gasteiger charge is 2.63. The van der Waals surface area contributed by atoms with Gasteiger partial charge in [-0.25, -0.2) is 4.79 Å². The number of alkyl halides is 6. The maximum atomic E-state index is 13.9. The van der Waals surface area contributed by atoms with Crippen LogP contribution in [0.5, 0.6) is 0 Å². The van der Waals surface area contributed by atoms with Crippen LogP contribution in [0.25, 0.3) is 0 Å². The Bertz CT molecular complexity index is 1490. The normalized spacial score (nSPS) is 21.8. The molecule has 4 amide bonds. The molecule has 5 rings (SSSR count). The Morgan fingerprint density at radius 2 is 1.66 bits per heavy atom. The fourth-order valence-corrected chi connectivity index (χ4v) is 5.44. The van der Waals surface area contributed by atoms with E-state index < -0.39 is 58.3 Å². The van der Waals surface area contributed by atoms with Crippen LogP contribution in [0.1, 0.15) is 40.4 Å². The molecule has 2 fully saturated rings. The van der Waals surface area contributed by atoms with Crippen LogP contribution in [0.2, 0.25) is 0 Å². The number of amides is 4. The number of nitrogens with zero attached hydrogens (tertiary/aromatic N) is 5. The molecule has 2 unspecified atom stereocenters. The molecule has 0 radical (unpaired) electrons. The van der Waals surface area contributed by atoms with Crippen LogP contribution in [0.3, 0.4) is 0 Å². The number of hydrogen-bond donors (Lipinski definition) is 0. The van der Waals surface area contributed by atoms with Gasteiger partial charge in [0.25, 0.3) is 17.8 Å². The number of imide groups is 1. The molecule has 2 aliphatic rings. The Hall–Kier alpha value is -4.43. The number of hydrogen-bond acceptors (Lipinski definition) is 6. The first-order valence-corrected chi connectivity index (χ1v) is 12.3. The fraction of sp³-hybridized carbons (Fsp3) is 0.346. The van der Waals surface area contributed by atoms with Crippen LogP contribution in [0.4, 0.5) is 42.8 Å². The van der Waals surface area contributed by atoms with Gasteiger partial charge >= 0.3 is 18.4 Å². The summed E-state index contributed by atoms with van der Waals surface area (Å²) in [4.78, 5) is 47.9. The lowest BCUT2D eigenvalue weighted by molar-refractivity contribution is -0.143. The summed E-state index contributed by atoms with van der Waals surface area (Å²) < 4.78 is 85.0. The number of anilines is 2. The molecule has 2 saturated heterocycles. The minimum Gasteiger partial charge on any atom is -0.341 e. The molecule has 0 bridgehead atoms. The predicted molar refractivity (Wildman–Crippen MR) is 130 cm³/mol. The molecule has 2 atom stereocenters. The van der Waals surface area contributed by atoms with Gasteiger partial charge in [0, 0.05) is 30.3 Å². The van der Waals surface area contributed by atoms with E-state index in [1.54, 1.807) is 38.1 Å². The van der Waals surface area contributed by atoms with Gasteiger partial charge in [-0.2, -0.15) is 36.2 Å². The second kappa shape index (κ2) is 9.59. The van der Waals surface area contributed by atoms with Gasteiger partial charge in [0.1, 0.15) is 5.54 Å². The molecule has 0 saturated carbocycles. The Morgan fingerprint density at radius 3 is 2.20 bits per heavy atom. The summed E-state index contributed by atoms with van der Waals surface area (Å²) >= 11 is 0. The number of urea groups is 1. The van der Waals surface area contributed by atoms with Gasteiger partial charge in [0.05, 0.1) is 11.1 Å². The highest BCUT2D eigenvalue weighted by Crippen LogP contribution is 2.46. The van der Waals surface area contributed by atoms with Gasteiger partial charge in [-0.15, -0.1) is 0 Å². The van der Waals surface area contributed by atoms with Crippen molar-refractivity contribution in [2.24, 2.45) is 5.92 Å². The molecule has 1 aromatic heterocycles. The quantitative estimate of drug-likeness (QED) is 0.307. The molecule has 1 spiro atoms. The molecule has 3 aromatic rings. The number of benzene rings is 2. The lowest BCUT2D eigenvalue weighted by Crippen LogP contribution is -2.63. The summed E-state index contributed by atoms with van der Waals surface area (Å²) in [5.74, 6) is -2.89. The van der Waals surface area contributed by atoms with Crippen molar-refractivity contribution in [3.8, 4) is 0 Å².